The molecule has 3 aromatic rings. The number of hydrogen-bond acceptors (Lipinski definition) is 8. The second-order valence-corrected chi connectivity index (χ2v) is 10.7. The monoisotopic (exact) mass is 522 g/mol. The van der Waals surface area contributed by atoms with Gasteiger partial charge in [-0.25, -0.2) is 23.1 Å². The van der Waals surface area contributed by atoms with Gasteiger partial charge in [0, 0.05) is 25.7 Å². The number of hydrogen-bond donors (Lipinski definition) is 2. The van der Waals surface area contributed by atoms with E-state index in [1.807, 2.05) is 30.0 Å². The Morgan fingerprint density at radius 2 is 2.05 bits per heavy atom. The van der Waals surface area contributed by atoms with Gasteiger partial charge in [0.05, 0.1) is 22.9 Å². The molecular weight excluding hydrogens is 492 g/mol. The predicted molar refractivity (Wildman–Crippen MR) is 141 cm³/mol. The van der Waals surface area contributed by atoms with Gasteiger partial charge in [0.15, 0.2) is 5.65 Å². The number of nitrogen functional groups attached to an aromatic ring is 1. The number of benzene rings is 1. The second kappa shape index (κ2) is 11.5. The van der Waals surface area contributed by atoms with Crippen molar-refractivity contribution in [2.75, 3.05) is 46.0 Å². The first-order chi connectivity index (χ1) is 17.8. The van der Waals surface area contributed by atoms with Crippen molar-refractivity contribution in [3.8, 4) is 11.8 Å². The van der Waals surface area contributed by atoms with Gasteiger partial charge in [-0.15, -0.1) is 0 Å². The van der Waals surface area contributed by atoms with E-state index in [1.165, 1.54) is 18.5 Å². The summed E-state index contributed by atoms with van der Waals surface area (Å²) in [6.45, 7) is 1.73. The number of likely N-dealkylation sites (N-methyl/N-ethyl adjacent to an activating group) is 1. The third-order valence-corrected chi connectivity index (χ3v) is 7.33. The smallest absolute Gasteiger partial charge is 0.246 e. The fraction of sp³-hybridized carbons (Fsp3) is 0.360. The normalized spacial score (nSPS) is 16.3. The molecule has 1 aliphatic heterocycles. The van der Waals surface area contributed by atoms with Gasteiger partial charge in [0.1, 0.15) is 17.8 Å². The fourth-order valence-corrected chi connectivity index (χ4v) is 5.05. The van der Waals surface area contributed by atoms with Crippen molar-refractivity contribution in [2.45, 2.75) is 23.8 Å². The summed E-state index contributed by atoms with van der Waals surface area (Å²) in [7, 11) is 0.214. The number of fused-ring (bicyclic) bond motifs is 1. The van der Waals surface area contributed by atoms with E-state index in [9.17, 15) is 13.2 Å². The molecule has 0 aliphatic carbocycles. The van der Waals surface area contributed by atoms with Crippen LogP contribution in [0.3, 0.4) is 0 Å². The van der Waals surface area contributed by atoms with E-state index in [0.717, 1.165) is 12.8 Å². The largest absolute Gasteiger partial charge is 0.383 e. The van der Waals surface area contributed by atoms with Gasteiger partial charge >= 0.3 is 0 Å². The number of amides is 1. The molecule has 0 bridgehead atoms. The molecule has 194 valence electrons. The molecule has 1 aromatic carbocycles. The Balaban J connectivity index is 1.54. The molecule has 0 radical (unpaired) electrons. The summed E-state index contributed by atoms with van der Waals surface area (Å²) in [5.41, 5.74) is 7.04. The van der Waals surface area contributed by atoms with Gasteiger partial charge in [0.25, 0.3) is 0 Å². The van der Waals surface area contributed by atoms with E-state index in [2.05, 4.69) is 31.6 Å². The van der Waals surface area contributed by atoms with Gasteiger partial charge in [-0.05, 0) is 45.0 Å². The second-order valence-electron chi connectivity index (χ2n) is 8.93. The highest BCUT2D eigenvalue weighted by atomic mass is 32.2. The van der Waals surface area contributed by atoms with Crippen LogP contribution in [-0.2, 0) is 14.8 Å². The van der Waals surface area contributed by atoms with Crippen molar-refractivity contribution in [2.24, 2.45) is 0 Å². The van der Waals surface area contributed by atoms with Crippen LogP contribution >= 0.6 is 0 Å². The molecule has 1 atom stereocenters. The fourth-order valence-electron chi connectivity index (χ4n) is 4.10. The Morgan fingerprint density at radius 3 is 2.81 bits per heavy atom. The number of piperidine rings is 1. The van der Waals surface area contributed by atoms with Crippen LogP contribution in [0.15, 0.2) is 53.7 Å². The van der Waals surface area contributed by atoms with Crippen LogP contribution in [0.25, 0.3) is 11.0 Å². The third-order valence-electron chi connectivity index (χ3n) is 5.91. The molecule has 3 heterocycles. The minimum absolute atomic E-state index is 0.0390. The number of carbonyl (C=O) groups excluding carboxylic acids is 1. The van der Waals surface area contributed by atoms with Gasteiger partial charge in [0.2, 0.25) is 15.9 Å². The van der Waals surface area contributed by atoms with Crippen LogP contribution in [0, 0.1) is 11.8 Å². The van der Waals surface area contributed by atoms with Crippen LogP contribution in [-0.4, -0.2) is 84.1 Å². The van der Waals surface area contributed by atoms with E-state index < -0.39 is 10.0 Å². The standard InChI is InChI=1S/C25H30N8O3S/c1-31(2)15-8-13-22(34)32-16-7-9-19(17-32)33-25-23(24(26)27-18-28-25)21(30-33)12-6-14-29-37(35,36)20-10-4-3-5-11-20/h3-5,8,10-11,13,18-19,29H,7,9,14-17H2,1-2H3,(H2,26,27,28)/b13-8+. The first-order valence-electron chi connectivity index (χ1n) is 11.9. The van der Waals surface area contributed by atoms with Crippen molar-refractivity contribution in [3.63, 3.8) is 0 Å². The summed E-state index contributed by atoms with van der Waals surface area (Å²) in [5.74, 6) is 5.93. The van der Waals surface area contributed by atoms with Crippen molar-refractivity contribution in [1.82, 2.24) is 34.3 Å². The Kier molecular flexibility index (Phi) is 8.17. The minimum atomic E-state index is -3.68. The number of carbonyl (C=O) groups is 1. The van der Waals surface area contributed by atoms with Crippen LogP contribution in [0.4, 0.5) is 5.82 Å². The SMILES string of the molecule is CN(C)C/C=C/C(=O)N1CCCC(n2nc(C#CCNS(=O)(=O)c3ccccc3)c3c(N)ncnc32)C1. The Labute approximate surface area is 216 Å². The summed E-state index contributed by atoms with van der Waals surface area (Å²) in [4.78, 5) is 25.1. The lowest BCUT2D eigenvalue weighted by Crippen LogP contribution is -2.40. The first kappa shape index (κ1) is 26.3. The summed E-state index contributed by atoms with van der Waals surface area (Å²) in [6.07, 6.45) is 6.47. The van der Waals surface area contributed by atoms with E-state index in [4.69, 9.17) is 5.73 Å². The highest BCUT2D eigenvalue weighted by Crippen LogP contribution is 2.28. The predicted octanol–water partition coefficient (Wildman–Crippen LogP) is 1.02. The maximum Gasteiger partial charge on any atom is 0.246 e. The highest BCUT2D eigenvalue weighted by Gasteiger charge is 2.27. The molecule has 1 unspecified atom stereocenters. The van der Waals surface area contributed by atoms with Crippen molar-refractivity contribution < 1.29 is 13.2 Å². The number of sulfonamides is 1. The number of aromatic nitrogens is 4. The quantitative estimate of drug-likeness (QED) is 0.346. The minimum Gasteiger partial charge on any atom is -0.383 e. The molecule has 4 rings (SSSR count). The summed E-state index contributed by atoms with van der Waals surface area (Å²) < 4.78 is 29.1. The van der Waals surface area contributed by atoms with E-state index in [0.29, 0.717) is 36.4 Å². The molecule has 11 nitrogen and oxygen atoms in total. The molecule has 1 aliphatic rings. The number of nitrogens with two attached hydrogens (primary N) is 1. The van der Waals surface area contributed by atoms with Crippen molar-refractivity contribution in [1.29, 1.82) is 0 Å². The van der Waals surface area contributed by atoms with Gasteiger partial charge in [-0.1, -0.05) is 30.2 Å². The van der Waals surface area contributed by atoms with Crippen molar-refractivity contribution >= 4 is 32.8 Å². The molecule has 2 aromatic heterocycles. The average molecular weight is 523 g/mol. The topological polar surface area (TPSA) is 139 Å². The van der Waals surface area contributed by atoms with Gasteiger partial charge < -0.3 is 15.5 Å². The Hall–Kier alpha value is -3.79. The van der Waals surface area contributed by atoms with E-state index >= 15 is 0 Å². The molecule has 1 fully saturated rings. The zero-order chi connectivity index (χ0) is 26.4. The maximum absolute atomic E-state index is 12.7. The lowest BCUT2D eigenvalue weighted by Gasteiger charge is -2.32. The zero-order valence-electron chi connectivity index (χ0n) is 20.8. The lowest BCUT2D eigenvalue weighted by atomic mass is 10.1. The lowest BCUT2D eigenvalue weighted by molar-refractivity contribution is -0.127. The number of rotatable bonds is 7. The molecule has 0 spiro atoms. The average Bonchev–Trinajstić information content (AvgIpc) is 3.27. The highest BCUT2D eigenvalue weighted by molar-refractivity contribution is 7.89. The van der Waals surface area contributed by atoms with Crippen LogP contribution in [0.5, 0.6) is 0 Å². The van der Waals surface area contributed by atoms with Crippen molar-refractivity contribution in [3.05, 3.63) is 54.5 Å². The number of likely N-dealkylation sites (tertiary alicyclic amines) is 1. The number of anilines is 1. The van der Waals surface area contributed by atoms with Crippen LogP contribution in [0.1, 0.15) is 24.6 Å². The number of nitrogens with zero attached hydrogens (tertiary/aromatic N) is 6. The van der Waals surface area contributed by atoms with Crippen LogP contribution < -0.4 is 10.5 Å². The molecule has 37 heavy (non-hydrogen) atoms. The van der Waals surface area contributed by atoms with Gasteiger partial charge in [-0.2, -0.15) is 9.82 Å². The zero-order valence-corrected chi connectivity index (χ0v) is 21.6. The maximum atomic E-state index is 12.7. The number of nitrogens with one attached hydrogen (secondary N) is 1. The molecule has 1 saturated heterocycles. The molecular formula is C25H30N8O3S. The molecule has 3 N–H and O–H groups in total. The summed E-state index contributed by atoms with van der Waals surface area (Å²) in [5, 5.41) is 5.18. The Morgan fingerprint density at radius 1 is 1.27 bits per heavy atom. The molecule has 0 saturated carbocycles. The molecule has 12 heteroatoms. The van der Waals surface area contributed by atoms with Gasteiger partial charge in [-0.3, -0.25) is 4.79 Å². The third kappa shape index (κ3) is 6.32. The molecule has 1 amide bonds. The Bertz CT molecular complexity index is 1460. The summed E-state index contributed by atoms with van der Waals surface area (Å²) in [6, 6.07) is 7.97. The van der Waals surface area contributed by atoms with E-state index in [-0.39, 0.29) is 29.2 Å². The van der Waals surface area contributed by atoms with E-state index in [1.54, 1.807) is 29.0 Å². The van der Waals surface area contributed by atoms with Crippen LogP contribution in [0.2, 0.25) is 0 Å². The summed E-state index contributed by atoms with van der Waals surface area (Å²) >= 11 is 0. The first-order valence-corrected chi connectivity index (χ1v) is 13.4.